The average molecular weight is 239 g/mol. The fourth-order valence-corrected chi connectivity index (χ4v) is 1.66. The van der Waals surface area contributed by atoms with Crippen LogP contribution in [0.3, 0.4) is 0 Å². The van der Waals surface area contributed by atoms with Crippen molar-refractivity contribution in [1.82, 2.24) is 9.97 Å². The zero-order valence-electron chi connectivity index (χ0n) is 6.99. The molecule has 0 amide bonds. The van der Waals surface area contributed by atoms with Crippen LogP contribution in [0.2, 0.25) is 0 Å². The minimum absolute atomic E-state index is 0.784. The van der Waals surface area contributed by atoms with Gasteiger partial charge in [0.05, 0.1) is 17.1 Å². The van der Waals surface area contributed by atoms with Gasteiger partial charge in [-0.2, -0.15) is 0 Å². The summed E-state index contributed by atoms with van der Waals surface area (Å²) in [5, 5.41) is 0.996. The number of halogens is 1. The first-order valence-corrected chi connectivity index (χ1v) is 4.54. The molecule has 0 saturated heterocycles. The van der Waals surface area contributed by atoms with E-state index < -0.39 is 0 Å². The van der Waals surface area contributed by atoms with Gasteiger partial charge < -0.3 is 4.74 Å². The molecule has 0 bridgehead atoms. The summed E-state index contributed by atoms with van der Waals surface area (Å²) in [4.78, 5) is 8.06. The first-order chi connectivity index (χ1) is 6.31. The Labute approximate surface area is 83.9 Å². The van der Waals surface area contributed by atoms with E-state index in [0.29, 0.717) is 0 Å². The number of ether oxygens (including phenoxy) is 1. The number of benzene rings is 1. The van der Waals surface area contributed by atoms with Gasteiger partial charge >= 0.3 is 0 Å². The van der Waals surface area contributed by atoms with Crippen molar-refractivity contribution in [2.24, 2.45) is 0 Å². The van der Waals surface area contributed by atoms with Crippen LogP contribution < -0.4 is 4.74 Å². The molecule has 1 heterocycles. The van der Waals surface area contributed by atoms with E-state index >= 15 is 0 Å². The average Bonchev–Trinajstić information content (AvgIpc) is 2.17. The predicted molar refractivity (Wildman–Crippen MR) is 53.8 cm³/mol. The van der Waals surface area contributed by atoms with Crippen LogP contribution in [-0.2, 0) is 0 Å². The maximum atomic E-state index is 5.15. The first-order valence-electron chi connectivity index (χ1n) is 3.74. The van der Waals surface area contributed by atoms with Crippen LogP contribution in [0.5, 0.6) is 5.75 Å². The molecule has 0 atom stereocenters. The second-order valence-electron chi connectivity index (χ2n) is 2.57. The summed E-state index contributed by atoms with van der Waals surface area (Å²) in [7, 11) is 1.63. The number of hydrogen-bond acceptors (Lipinski definition) is 3. The summed E-state index contributed by atoms with van der Waals surface area (Å²) < 4.78 is 6.06. The molecule has 2 rings (SSSR count). The number of hydrogen-bond donors (Lipinski definition) is 0. The molecule has 0 fully saturated rings. The van der Waals surface area contributed by atoms with Crippen molar-refractivity contribution in [2.45, 2.75) is 0 Å². The highest BCUT2D eigenvalue weighted by atomic mass is 79.9. The van der Waals surface area contributed by atoms with E-state index in [0.717, 1.165) is 21.1 Å². The molecule has 0 aliphatic carbocycles. The quantitative estimate of drug-likeness (QED) is 0.766. The van der Waals surface area contributed by atoms with Crippen LogP contribution in [0.4, 0.5) is 0 Å². The summed E-state index contributed by atoms with van der Waals surface area (Å²) >= 11 is 3.40. The smallest absolute Gasteiger partial charge is 0.135 e. The zero-order chi connectivity index (χ0) is 9.26. The second kappa shape index (κ2) is 3.30. The number of aromatic nitrogens is 2. The third kappa shape index (κ3) is 1.49. The number of fused-ring (bicyclic) bond motifs is 1. The van der Waals surface area contributed by atoms with E-state index in [4.69, 9.17) is 4.74 Å². The minimum atomic E-state index is 0.784. The Morgan fingerprint density at radius 2 is 2.23 bits per heavy atom. The number of rotatable bonds is 1. The van der Waals surface area contributed by atoms with Gasteiger partial charge in [-0.05, 0) is 22.0 Å². The van der Waals surface area contributed by atoms with E-state index in [1.54, 1.807) is 13.3 Å². The standard InChI is InChI=1S/C9H7BrN2O/c1-13-9-3-8-6(2-7(9)10)4-11-5-12-8/h2-5H,1H3. The molecule has 13 heavy (non-hydrogen) atoms. The zero-order valence-corrected chi connectivity index (χ0v) is 8.58. The van der Waals surface area contributed by atoms with Gasteiger partial charge in [-0.15, -0.1) is 0 Å². The fraction of sp³-hybridized carbons (Fsp3) is 0.111. The summed E-state index contributed by atoms with van der Waals surface area (Å²) in [6.07, 6.45) is 3.29. The Hall–Kier alpha value is -1.16. The lowest BCUT2D eigenvalue weighted by atomic mass is 10.2. The Kier molecular flexibility index (Phi) is 2.14. The Bertz CT molecular complexity index is 445. The predicted octanol–water partition coefficient (Wildman–Crippen LogP) is 2.40. The SMILES string of the molecule is COc1cc2ncncc2cc1Br. The summed E-state index contributed by atoms with van der Waals surface area (Å²) in [5.41, 5.74) is 0.884. The summed E-state index contributed by atoms with van der Waals surface area (Å²) in [6.45, 7) is 0. The molecule has 0 N–H and O–H groups in total. The Morgan fingerprint density at radius 1 is 1.38 bits per heavy atom. The molecule has 4 heteroatoms. The molecule has 0 aliphatic rings. The third-order valence-electron chi connectivity index (χ3n) is 1.78. The molecule has 2 aromatic rings. The lowest BCUT2D eigenvalue weighted by Gasteiger charge is -2.03. The Morgan fingerprint density at radius 3 is 3.00 bits per heavy atom. The van der Waals surface area contributed by atoms with Crippen LogP contribution in [0.25, 0.3) is 10.9 Å². The molecule has 0 aliphatic heterocycles. The highest BCUT2D eigenvalue weighted by molar-refractivity contribution is 9.10. The molecule has 0 radical (unpaired) electrons. The van der Waals surface area contributed by atoms with Crippen molar-refractivity contribution in [1.29, 1.82) is 0 Å². The normalized spacial score (nSPS) is 10.3. The molecular formula is C9H7BrN2O. The highest BCUT2D eigenvalue weighted by Gasteiger charge is 2.02. The van der Waals surface area contributed by atoms with Crippen molar-refractivity contribution in [3.05, 3.63) is 29.1 Å². The number of methoxy groups -OCH3 is 1. The molecule has 0 saturated carbocycles. The summed E-state index contributed by atoms with van der Waals surface area (Å²) in [6, 6.07) is 3.81. The van der Waals surface area contributed by atoms with Gasteiger partial charge in [0.1, 0.15) is 12.1 Å². The molecule has 0 spiro atoms. The van der Waals surface area contributed by atoms with Gasteiger partial charge in [-0.3, -0.25) is 0 Å². The van der Waals surface area contributed by atoms with Gasteiger partial charge in [0.15, 0.2) is 0 Å². The monoisotopic (exact) mass is 238 g/mol. The van der Waals surface area contributed by atoms with E-state index in [-0.39, 0.29) is 0 Å². The minimum Gasteiger partial charge on any atom is -0.495 e. The van der Waals surface area contributed by atoms with Gasteiger partial charge in [0, 0.05) is 17.6 Å². The van der Waals surface area contributed by atoms with E-state index in [1.807, 2.05) is 12.1 Å². The number of nitrogens with zero attached hydrogens (tertiary/aromatic N) is 2. The van der Waals surface area contributed by atoms with Crippen molar-refractivity contribution in [3.63, 3.8) is 0 Å². The Balaban J connectivity index is 2.74. The molecule has 66 valence electrons. The largest absolute Gasteiger partial charge is 0.495 e. The maximum Gasteiger partial charge on any atom is 0.135 e. The fourth-order valence-electron chi connectivity index (χ4n) is 1.14. The van der Waals surface area contributed by atoms with Crippen LogP contribution >= 0.6 is 15.9 Å². The molecule has 1 aromatic carbocycles. The van der Waals surface area contributed by atoms with Crippen molar-refractivity contribution in [2.75, 3.05) is 7.11 Å². The van der Waals surface area contributed by atoms with E-state index in [1.165, 1.54) is 6.33 Å². The second-order valence-corrected chi connectivity index (χ2v) is 3.42. The van der Waals surface area contributed by atoms with Gasteiger partial charge in [0.2, 0.25) is 0 Å². The molecule has 1 aromatic heterocycles. The van der Waals surface area contributed by atoms with Gasteiger partial charge in [-0.1, -0.05) is 0 Å². The van der Waals surface area contributed by atoms with E-state index in [2.05, 4.69) is 25.9 Å². The van der Waals surface area contributed by atoms with Crippen LogP contribution in [0, 0.1) is 0 Å². The van der Waals surface area contributed by atoms with Crippen LogP contribution in [-0.4, -0.2) is 17.1 Å². The van der Waals surface area contributed by atoms with Crippen molar-refractivity contribution >= 4 is 26.8 Å². The summed E-state index contributed by atoms with van der Waals surface area (Å²) in [5.74, 6) is 0.784. The lowest BCUT2D eigenvalue weighted by molar-refractivity contribution is 0.412. The molecule has 3 nitrogen and oxygen atoms in total. The first kappa shape index (κ1) is 8.44. The van der Waals surface area contributed by atoms with Crippen LogP contribution in [0.1, 0.15) is 0 Å². The van der Waals surface area contributed by atoms with Gasteiger partial charge in [0.25, 0.3) is 0 Å². The molecule has 0 unspecified atom stereocenters. The van der Waals surface area contributed by atoms with Crippen LogP contribution in [0.15, 0.2) is 29.1 Å². The topological polar surface area (TPSA) is 35.0 Å². The van der Waals surface area contributed by atoms with Crippen molar-refractivity contribution < 1.29 is 4.74 Å². The van der Waals surface area contributed by atoms with Crippen molar-refractivity contribution in [3.8, 4) is 5.75 Å². The molecular weight excluding hydrogens is 232 g/mol. The van der Waals surface area contributed by atoms with Gasteiger partial charge in [-0.25, -0.2) is 9.97 Å². The highest BCUT2D eigenvalue weighted by Crippen LogP contribution is 2.28. The third-order valence-corrected chi connectivity index (χ3v) is 2.40. The maximum absolute atomic E-state index is 5.15. The lowest BCUT2D eigenvalue weighted by Crippen LogP contribution is -1.86. The van der Waals surface area contributed by atoms with E-state index in [9.17, 15) is 0 Å².